The lowest BCUT2D eigenvalue weighted by Crippen LogP contribution is -2.18. The van der Waals surface area contributed by atoms with Crippen molar-refractivity contribution in [2.45, 2.75) is 140 Å². The molecular weight excluding hydrogens is 420 g/mol. The van der Waals surface area contributed by atoms with Crippen LogP contribution in [-0.2, 0) is 11.2 Å². The molecule has 2 unspecified atom stereocenters. The molecule has 1 aromatic rings. The van der Waals surface area contributed by atoms with Gasteiger partial charge in [-0.25, -0.2) is 0 Å². The molecule has 0 spiro atoms. The first kappa shape index (κ1) is 27.1. The Bertz CT molecular complexity index is 562. The Morgan fingerprint density at radius 2 is 1.30 bits per heavy atom. The van der Waals surface area contributed by atoms with Crippen molar-refractivity contribution in [3.05, 3.63) is 35.9 Å². The summed E-state index contributed by atoms with van der Waals surface area (Å²) < 4.78 is 5.72. The van der Waals surface area contributed by atoms with Crippen LogP contribution < -0.4 is 0 Å². The van der Waals surface area contributed by atoms with Crippen LogP contribution in [0.4, 0.5) is 0 Å². The molecule has 2 aliphatic rings. The molecule has 1 aromatic carbocycles. The van der Waals surface area contributed by atoms with Crippen molar-refractivity contribution in [3.8, 4) is 0 Å². The molecule has 3 rings (SSSR count). The zero-order valence-corrected chi connectivity index (χ0v) is 22.3. The van der Waals surface area contributed by atoms with Gasteiger partial charge in [0.1, 0.15) is 0 Å². The molecule has 1 aliphatic carbocycles. The van der Waals surface area contributed by atoms with Gasteiger partial charge in [0.2, 0.25) is 0 Å². The first-order valence-electron chi connectivity index (χ1n) is 14.7. The van der Waals surface area contributed by atoms with E-state index in [2.05, 4.69) is 42.1 Å². The maximum atomic E-state index is 5.72. The van der Waals surface area contributed by atoms with Crippen LogP contribution in [-0.4, -0.2) is 23.7 Å². The number of hydrogen-bond donors (Lipinski definition) is 0. The maximum absolute atomic E-state index is 5.72. The molecule has 0 N–H and O–H groups in total. The van der Waals surface area contributed by atoms with E-state index >= 15 is 0 Å². The van der Waals surface area contributed by atoms with Crippen LogP contribution in [0.25, 0.3) is 0 Å². The van der Waals surface area contributed by atoms with E-state index in [1.165, 1.54) is 134 Å². The highest BCUT2D eigenvalue weighted by molar-refractivity contribution is 7.99. The summed E-state index contributed by atoms with van der Waals surface area (Å²) >= 11 is 2.30. The molecule has 0 aromatic heterocycles. The molecule has 1 saturated heterocycles. The summed E-state index contributed by atoms with van der Waals surface area (Å²) in [5.74, 6) is 2.34. The Morgan fingerprint density at radius 1 is 0.697 bits per heavy atom. The van der Waals surface area contributed by atoms with Gasteiger partial charge in [-0.15, -0.1) is 0 Å². The van der Waals surface area contributed by atoms with E-state index in [1.54, 1.807) is 5.56 Å². The summed E-state index contributed by atoms with van der Waals surface area (Å²) in [5.41, 5.74) is 1.54. The lowest BCUT2D eigenvalue weighted by molar-refractivity contribution is 0.102. The summed E-state index contributed by atoms with van der Waals surface area (Å²) in [6, 6.07) is 11.2. The van der Waals surface area contributed by atoms with E-state index in [1.807, 2.05) is 0 Å². The van der Waals surface area contributed by atoms with Crippen LogP contribution in [0.2, 0.25) is 0 Å². The Balaban J connectivity index is 1.09. The number of rotatable bonds is 19. The van der Waals surface area contributed by atoms with Crippen molar-refractivity contribution < 1.29 is 4.74 Å². The average molecular weight is 473 g/mol. The number of thioether (sulfide) groups is 1. The van der Waals surface area contributed by atoms with Crippen molar-refractivity contribution in [2.75, 3.05) is 12.4 Å². The Kier molecular flexibility index (Phi) is 14.7. The standard InChI is InChI=1S/C31H52OS/c1(3-5-7-9-14-23-30-24-18-25-32-30)2-4-6-8-10-17-26-33-31(29-21-15-16-22-29)27-28-19-12-11-13-20-28/h11-13,19-20,29-31H,1-10,14-18,21-27H2. The van der Waals surface area contributed by atoms with Crippen molar-refractivity contribution in [1.82, 2.24) is 0 Å². The van der Waals surface area contributed by atoms with E-state index < -0.39 is 0 Å². The molecule has 188 valence electrons. The second kappa shape index (κ2) is 17.9. The smallest absolute Gasteiger partial charge is 0.0576 e. The summed E-state index contributed by atoms with van der Waals surface area (Å²) in [5, 5.41) is 0.853. The second-order valence-corrected chi connectivity index (χ2v) is 12.2. The van der Waals surface area contributed by atoms with Crippen molar-refractivity contribution in [2.24, 2.45) is 5.92 Å². The van der Waals surface area contributed by atoms with Gasteiger partial charge in [-0.1, -0.05) is 114 Å². The fraction of sp³-hybridized carbons (Fsp3) is 0.806. The van der Waals surface area contributed by atoms with Gasteiger partial charge >= 0.3 is 0 Å². The van der Waals surface area contributed by atoms with Crippen LogP contribution >= 0.6 is 11.8 Å². The fourth-order valence-electron chi connectivity index (χ4n) is 5.89. The molecule has 0 radical (unpaired) electrons. The maximum Gasteiger partial charge on any atom is 0.0576 e. The van der Waals surface area contributed by atoms with E-state index in [4.69, 9.17) is 4.74 Å². The lowest BCUT2D eigenvalue weighted by atomic mass is 9.97. The Morgan fingerprint density at radius 3 is 1.91 bits per heavy atom. The quantitative estimate of drug-likeness (QED) is 0.185. The fourth-order valence-corrected chi connectivity index (χ4v) is 7.41. The van der Waals surface area contributed by atoms with Crippen LogP contribution in [0.1, 0.15) is 128 Å². The molecule has 0 amide bonds. The van der Waals surface area contributed by atoms with Crippen LogP contribution in [0.15, 0.2) is 30.3 Å². The summed E-state index contributed by atoms with van der Waals surface area (Å²) in [6.07, 6.45) is 29.0. The van der Waals surface area contributed by atoms with Crippen LogP contribution in [0, 0.1) is 5.92 Å². The number of benzene rings is 1. The molecule has 2 heteroatoms. The van der Waals surface area contributed by atoms with Crippen LogP contribution in [0.5, 0.6) is 0 Å². The molecule has 1 aliphatic heterocycles. The second-order valence-electron chi connectivity index (χ2n) is 10.8. The number of hydrogen-bond acceptors (Lipinski definition) is 2. The molecule has 1 saturated carbocycles. The van der Waals surface area contributed by atoms with Gasteiger partial charge in [-0.05, 0) is 62.2 Å². The van der Waals surface area contributed by atoms with E-state index in [9.17, 15) is 0 Å². The van der Waals surface area contributed by atoms with Gasteiger partial charge in [0.05, 0.1) is 6.10 Å². The Hall–Kier alpha value is -0.470. The third-order valence-electron chi connectivity index (χ3n) is 7.98. The third kappa shape index (κ3) is 12.2. The van der Waals surface area contributed by atoms with Gasteiger partial charge in [-0.3, -0.25) is 0 Å². The molecule has 0 bridgehead atoms. The van der Waals surface area contributed by atoms with E-state index in [0.29, 0.717) is 6.10 Å². The summed E-state index contributed by atoms with van der Waals surface area (Å²) in [4.78, 5) is 0. The molecule has 1 heterocycles. The molecule has 2 atom stereocenters. The normalized spacial score (nSPS) is 19.9. The lowest BCUT2D eigenvalue weighted by Gasteiger charge is -2.23. The minimum atomic E-state index is 0.603. The monoisotopic (exact) mass is 472 g/mol. The van der Waals surface area contributed by atoms with Gasteiger partial charge < -0.3 is 4.74 Å². The molecular formula is C31H52OS. The van der Waals surface area contributed by atoms with Crippen molar-refractivity contribution >= 4 is 11.8 Å². The van der Waals surface area contributed by atoms with Crippen LogP contribution in [0.3, 0.4) is 0 Å². The number of ether oxygens (including phenoxy) is 1. The highest BCUT2D eigenvalue weighted by atomic mass is 32.2. The number of unbranched alkanes of at least 4 members (excludes halogenated alkanes) is 11. The van der Waals surface area contributed by atoms with Crippen molar-refractivity contribution in [3.63, 3.8) is 0 Å². The molecule has 2 fully saturated rings. The van der Waals surface area contributed by atoms with Crippen molar-refractivity contribution in [1.29, 1.82) is 0 Å². The van der Waals surface area contributed by atoms with E-state index in [0.717, 1.165) is 17.8 Å². The molecule has 1 nitrogen and oxygen atoms in total. The predicted octanol–water partition coefficient (Wildman–Crippen LogP) is 9.77. The predicted molar refractivity (Wildman–Crippen MR) is 147 cm³/mol. The highest BCUT2D eigenvalue weighted by Crippen LogP contribution is 2.36. The van der Waals surface area contributed by atoms with Gasteiger partial charge in [0.15, 0.2) is 0 Å². The molecule has 33 heavy (non-hydrogen) atoms. The summed E-state index contributed by atoms with van der Waals surface area (Å²) in [7, 11) is 0. The first-order chi connectivity index (χ1) is 16.4. The Labute approximate surface area is 210 Å². The largest absolute Gasteiger partial charge is 0.378 e. The highest BCUT2D eigenvalue weighted by Gasteiger charge is 2.25. The third-order valence-corrected chi connectivity index (χ3v) is 9.49. The topological polar surface area (TPSA) is 9.23 Å². The van der Waals surface area contributed by atoms with E-state index in [-0.39, 0.29) is 0 Å². The minimum Gasteiger partial charge on any atom is -0.378 e. The minimum absolute atomic E-state index is 0.603. The zero-order chi connectivity index (χ0) is 22.8. The first-order valence-corrected chi connectivity index (χ1v) is 15.7. The van der Waals surface area contributed by atoms with Gasteiger partial charge in [0, 0.05) is 11.9 Å². The summed E-state index contributed by atoms with van der Waals surface area (Å²) in [6.45, 7) is 1.01. The van der Waals surface area contributed by atoms with Gasteiger partial charge in [0.25, 0.3) is 0 Å². The average Bonchev–Trinajstić information content (AvgIpc) is 3.56. The zero-order valence-electron chi connectivity index (χ0n) is 21.5. The SMILES string of the molecule is c1ccc(CC(SCCCCCCCCCCCCCCC2CCCO2)C2CCCC2)cc1. The van der Waals surface area contributed by atoms with Gasteiger partial charge in [-0.2, -0.15) is 11.8 Å².